The second-order valence-electron chi connectivity index (χ2n) is 3.90. The second-order valence-corrected chi connectivity index (χ2v) is 5.50. The molecule has 1 aliphatic heterocycles. The Balaban J connectivity index is 2.22. The third-order valence-corrected chi connectivity index (χ3v) is 4.10. The Morgan fingerprint density at radius 1 is 1.25 bits per heavy atom. The standard InChI is InChI=1S/C11H16N2O2S/c1-2-3-6-9-13-11-8-5-4-7-10(11)12-16(13,14)15/h4-5,7-8,12H,2-3,6,9H2,1H3. The van der Waals surface area contributed by atoms with E-state index in [1.165, 1.54) is 4.31 Å². The average molecular weight is 240 g/mol. The number of nitrogens with one attached hydrogen (secondary N) is 1. The van der Waals surface area contributed by atoms with Gasteiger partial charge < -0.3 is 0 Å². The number of benzene rings is 1. The summed E-state index contributed by atoms with van der Waals surface area (Å²) in [5, 5.41) is 0. The minimum absolute atomic E-state index is 0.556. The van der Waals surface area contributed by atoms with Gasteiger partial charge in [0, 0.05) is 6.54 Å². The van der Waals surface area contributed by atoms with Crippen molar-refractivity contribution in [3.05, 3.63) is 24.3 Å². The maximum absolute atomic E-state index is 11.8. The van der Waals surface area contributed by atoms with E-state index in [9.17, 15) is 8.42 Å². The monoisotopic (exact) mass is 240 g/mol. The van der Waals surface area contributed by atoms with E-state index < -0.39 is 10.2 Å². The van der Waals surface area contributed by atoms with Gasteiger partial charge in [-0.1, -0.05) is 31.9 Å². The molecular weight excluding hydrogens is 224 g/mol. The summed E-state index contributed by atoms with van der Waals surface area (Å²) in [6, 6.07) is 7.30. The highest BCUT2D eigenvalue weighted by molar-refractivity contribution is 7.94. The molecular formula is C11H16N2O2S. The first kappa shape index (κ1) is 11.3. The predicted octanol–water partition coefficient (Wildman–Crippen LogP) is 2.35. The van der Waals surface area contributed by atoms with Gasteiger partial charge in [0.2, 0.25) is 0 Å². The second kappa shape index (κ2) is 4.33. The number of unbranched alkanes of at least 4 members (excludes halogenated alkanes) is 2. The lowest BCUT2D eigenvalue weighted by atomic mass is 10.2. The molecule has 5 heteroatoms. The summed E-state index contributed by atoms with van der Waals surface area (Å²) in [4.78, 5) is 0. The summed E-state index contributed by atoms with van der Waals surface area (Å²) in [5.41, 5.74) is 1.44. The number of fused-ring (bicyclic) bond motifs is 1. The third kappa shape index (κ3) is 2.00. The zero-order valence-corrected chi connectivity index (χ0v) is 10.1. The van der Waals surface area contributed by atoms with Crippen LogP contribution in [0.1, 0.15) is 26.2 Å². The van der Waals surface area contributed by atoms with Gasteiger partial charge in [0.15, 0.2) is 0 Å². The van der Waals surface area contributed by atoms with Crippen molar-refractivity contribution < 1.29 is 8.42 Å². The van der Waals surface area contributed by atoms with E-state index in [4.69, 9.17) is 0 Å². The molecule has 0 spiro atoms. The van der Waals surface area contributed by atoms with Crippen LogP contribution in [-0.4, -0.2) is 15.0 Å². The van der Waals surface area contributed by atoms with Gasteiger partial charge in [-0.25, -0.2) is 0 Å². The number of hydrogen-bond acceptors (Lipinski definition) is 2. The van der Waals surface area contributed by atoms with Crippen LogP contribution in [0, 0.1) is 0 Å². The molecule has 1 aromatic carbocycles. The number of rotatable bonds is 4. The molecule has 0 fully saturated rings. The molecule has 1 N–H and O–H groups in total. The zero-order chi connectivity index (χ0) is 11.6. The van der Waals surface area contributed by atoms with Crippen LogP contribution in [0.25, 0.3) is 0 Å². The SMILES string of the molecule is CCCCCN1c2ccccc2NS1(=O)=O. The molecule has 88 valence electrons. The molecule has 1 heterocycles. The van der Waals surface area contributed by atoms with Gasteiger partial charge in [0.1, 0.15) is 0 Å². The minimum atomic E-state index is -3.34. The molecule has 0 saturated carbocycles. The fourth-order valence-electron chi connectivity index (χ4n) is 1.85. The van der Waals surface area contributed by atoms with Crippen molar-refractivity contribution in [1.82, 2.24) is 0 Å². The maximum Gasteiger partial charge on any atom is 0.324 e. The third-order valence-electron chi connectivity index (χ3n) is 2.67. The van der Waals surface area contributed by atoms with Crippen LogP contribution in [0.15, 0.2) is 24.3 Å². The van der Waals surface area contributed by atoms with E-state index in [1.54, 1.807) is 6.07 Å². The zero-order valence-electron chi connectivity index (χ0n) is 9.31. The van der Waals surface area contributed by atoms with Crippen molar-refractivity contribution in [2.45, 2.75) is 26.2 Å². The van der Waals surface area contributed by atoms with E-state index in [1.807, 2.05) is 18.2 Å². The number of anilines is 2. The fraction of sp³-hybridized carbons (Fsp3) is 0.455. The maximum atomic E-state index is 11.8. The Morgan fingerprint density at radius 2 is 2.00 bits per heavy atom. The molecule has 0 aliphatic carbocycles. The molecule has 0 radical (unpaired) electrons. The quantitative estimate of drug-likeness (QED) is 0.821. The molecule has 0 atom stereocenters. The van der Waals surface area contributed by atoms with Crippen molar-refractivity contribution in [3.63, 3.8) is 0 Å². The highest BCUT2D eigenvalue weighted by Gasteiger charge is 2.31. The van der Waals surface area contributed by atoms with Gasteiger partial charge in [0.25, 0.3) is 0 Å². The fourth-order valence-corrected chi connectivity index (χ4v) is 3.20. The first-order chi connectivity index (χ1) is 7.65. The van der Waals surface area contributed by atoms with Crippen LogP contribution in [-0.2, 0) is 10.2 Å². The van der Waals surface area contributed by atoms with Gasteiger partial charge in [-0.05, 0) is 18.6 Å². The van der Waals surface area contributed by atoms with Crippen LogP contribution in [0.5, 0.6) is 0 Å². The smallest absolute Gasteiger partial charge is 0.264 e. The first-order valence-corrected chi connectivity index (χ1v) is 6.98. The molecule has 1 aliphatic rings. The van der Waals surface area contributed by atoms with E-state index in [-0.39, 0.29) is 0 Å². The van der Waals surface area contributed by atoms with E-state index in [2.05, 4.69) is 11.6 Å². The number of para-hydroxylation sites is 2. The van der Waals surface area contributed by atoms with E-state index in [0.717, 1.165) is 24.9 Å². The lowest BCUT2D eigenvalue weighted by Gasteiger charge is -2.16. The Morgan fingerprint density at radius 3 is 2.75 bits per heavy atom. The van der Waals surface area contributed by atoms with Gasteiger partial charge >= 0.3 is 10.2 Å². The molecule has 0 unspecified atom stereocenters. The molecule has 4 nitrogen and oxygen atoms in total. The lowest BCUT2D eigenvalue weighted by Crippen LogP contribution is -2.30. The van der Waals surface area contributed by atoms with Gasteiger partial charge in [-0.3, -0.25) is 9.03 Å². The summed E-state index contributed by atoms with van der Waals surface area (Å²) >= 11 is 0. The minimum Gasteiger partial charge on any atom is -0.264 e. The highest BCUT2D eigenvalue weighted by atomic mass is 32.2. The predicted molar refractivity (Wildman–Crippen MR) is 65.9 cm³/mol. The van der Waals surface area contributed by atoms with Gasteiger partial charge in [0.05, 0.1) is 11.4 Å². The van der Waals surface area contributed by atoms with Crippen molar-refractivity contribution in [2.75, 3.05) is 15.6 Å². The summed E-state index contributed by atoms with van der Waals surface area (Å²) in [6.45, 7) is 2.66. The molecule has 0 aromatic heterocycles. The average Bonchev–Trinajstić information content (AvgIpc) is 2.50. The van der Waals surface area contributed by atoms with Crippen LogP contribution in [0.2, 0.25) is 0 Å². The molecule has 2 rings (SSSR count). The molecule has 0 bridgehead atoms. The number of nitrogens with zero attached hydrogens (tertiary/aromatic N) is 1. The van der Waals surface area contributed by atoms with E-state index in [0.29, 0.717) is 12.2 Å². The van der Waals surface area contributed by atoms with Crippen molar-refractivity contribution in [2.24, 2.45) is 0 Å². The van der Waals surface area contributed by atoms with Crippen LogP contribution < -0.4 is 9.03 Å². The normalized spacial score (nSPS) is 16.9. The van der Waals surface area contributed by atoms with E-state index >= 15 is 0 Å². The highest BCUT2D eigenvalue weighted by Crippen LogP contribution is 2.35. The Kier molecular flexibility index (Phi) is 3.05. The molecule has 0 amide bonds. The Bertz CT molecular complexity index is 471. The summed E-state index contributed by atoms with van der Waals surface area (Å²) < 4.78 is 27.7. The topological polar surface area (TPSA) is 49.4 Å². The Hall–Kier alpha value is -1.23. The van der Waals surface area contributed by atoms with Gasteiger partial charge in [-0.15, -0.1) is 0 Å². The largest absolute Gasteiger partial charge is 0.324 e. The lowest BCUT2D eigenvalue weighted by molar-refractivity contribution is 0.595. The molecule has 0 saturated heterocycles. The van der Waals surface area contributed by atoms with Crippen molar-refractivity contribution in [3.8, 4) is 0 Å². The summed E-state index contributed by atoms with van der Waals surface area (Å²) in [7, 11) is -3.34. The summed E-state index contributed by atoms with van der Waals surface area (Å²) in [6.07, 6.45) is 3.03. The summed E-state index contributed by atoms with van der Waals surface area (Å²) in [5.74, 6) is 0. The molecule has 1 aromatic rings. The van der Waals surface area contributed by atoms with Crippen molar-refractivity contribution in [1.29, 1.82) is 0 Å². The van der Waals surface area contributed by atoms with Crippen LogP contribution in [0.4, 0.5) is 11.4 Å². The number of hydrogen-bond donors (Lipinski definition) is 1. The van der Waals surface area contributed by atoms with Crippen molar-refractivity contribution >= 4 is 21.6 Å². The van der Waals surface area contributed by atoms with Crippen LogP contribution in [0.3, 0.4) is 0 Å². The first-order valence-electron chi connectivity index (χ1n) is 5.54. The van der Waals surface area contributed by atoms with Gasteiger partial charge in [-0.2, -0.15) is 8.42 Å². The van der Waals surface area contributed by atoms with Crippen LogP contribution >= 0.6 is 0 Å². The Labute approximate surface area is 96.5 Å². The molecule has 16 heavy (non-hydrogen) atoms.